The van der Waals surface area contributed by atoms with Gasteiger partial charge in [-0.05, 0) is 60.4 Å². The standard InChI is InChI=1S/C24H20N2O3S/c1-30-20-12-10-18(11-13-20)25-23(27)14-16-6-8-19(9-7-16)26-24(28)22-15-17-4-2-3-5-21(17)29-22/h2-13,15H,14H2,1H3,(H,25,27)(H,26,28). The molecule has 2 amide bonds. The largest absolute Gasteiger partial charge is 0.451 e. The molecule has 4 rings (SSSR count). The van der Waals surface area contributed by atoms with Gasteiger partial charge in [0, 0.05) is 21.7 Å². The molecule has 0 spiro atoms. The van der Waals surface area contributed by atoms with Crippen LogP contribution in [0, 0.1) is 0 Å². The molecular weight excluding hydrogens is 396 g/mol. The Bertz CT molecular complexity index is 1150. The van der Waals surface area contributed by atoms with Gasteiger partial charge in [-0.3, -0.25) is 9.59 Å². The van der Waals surface area contributed by atoms with Crippen LogP contribution in [0.2, 0.25) is 0 Å². The number of thioether (sulfide) groups is 1. The predicted octanol–water partition coefficient (Wildman–Crippen LogP) is 5.59. The smallest absolute Gasteiger partial charge is 0.291 e. The quantitative estimate of drug-likeness (QED) is 0.402. The molecule has 0 atom stereocenters. The molecule has 3 aromatic carbocycles. The first-order valence-electron chi connectivity index (χ1n) is 9.43. The van der Waals surface area contributed by atoms with E-state index >= 15 is 0 Å². The van der Waals surface area contributed by atoms with Gasteiger partial charge in [0.1, 0.15) is 5.58 Å². The van der Waals surface area contributed by atoms with Gasteiger partial charge in [-0.15, -0.1) is 11.8 Å². The van der Waals surface area contributed by atoms with Crippen LogP contribution in [0.15, 0.2) is 88.2 Å². The van der Waals surface area contributed by atoms with Crippen LogP contribution in [0.3, 0.4) is 0 Å². The Hall–Kier alpha value is -3.51. The van der Waals surface area contributed by atoms with Crippen molar-refractivity contribution in [2.24, 2.45) is 0 Å². The second kappa shape index (κ2) is 8.88. The van der Waals surface area contributed by atoms with Crippen LogP contribution in [0.25, 0.3) is 11.0 Å². The lowest BCUT2D eigenvalue weighted by Crippen LogP contribution is -2.14. The van der Waals surface area contributed by atoms with Gasteiger partial charge in [-0.25, -0.2) is 0 Å². The third-order valence-corrected chi connectivity index (χ3v) is 5.34. The average Bonchev–Trinajstić information content (AvgIpc) is 3.20. The van der Waals surface area contributed by atoms with Crippen LogP contribution >= 0.6 is 11.8 Å². The summed E-state index contributed by atoms with van der Waals surface area (Å²) < 4.78 is 5.58. The Kier molecular flexibility index (Phi) is 5.86. The van der Waals surface area contributed by atoms with Crippen LogP contribution in [-0.2, 0) is 11.2 Å². The number of fused-ring (bicyclic) bond motifs is 1. The second-order valence-corrected chi connectivity index (χ2v) is 7.63. The van der Waals surface area contributed by atoms with Gasteiger partial charge in [0.05, 0.1) is 6.42 Å². The van der Waals surface area contributed by atoms with E-state index in [-0.39, 0.29) is 24.0 Å². The van der Waals surface area contributed by atoms with Crippen LogP contribution in [0.4, 0.5) is 11.4 Å². The SMILES string of the molecule is CSc1ccc(NC(=O)Cc2ccc(NC(=O)c3cc4ccccc4o3)cc2)cc1. The summed E-state index contributed by atoms with van der Waals surface area (Å²) in [4.78, 5) is 25.8. The number of carbonyl (C=O) groups excluding carboxylic acids is 2. The van der Waals surface area contributed by atoms with Crippen molar-refractivity contribution in [3.63, 3.8) is 0 Å². The van der Waals surface area contributed by atoms with E-state index in [0.717, 1.165) is 21.5 Å². The van der Waals surface area contributed by atoms with Crippen molar-refractivity contribution in [2.45, 2.75) is 11.3 Å². The summed E-state index contributed by atoms with van der Waals surface area (Å²) in [6.07, 6.45) is 2.26. The lowest BCUT2D eigenvalue weighted by atomic mass is 10.1. The highest BCUT2D eigenvalue weighted by Crippen LogP contribution is 2.21. The van der Waals surface area contributed by atoms with Gasteiger partial charge in [-0.1, -0.05) is 30.3 Å². The molecule has 0 saturated carbocycles. The van der Waals surface area contributed by atoms with Crippen molar-refractivity contribution in [1.29, 1.82) is 0 Å². The maximum absolute atomic E-state index is 12.4. The lowest BCUT2D eigenvalue weighted by molar-refractivity contribution is -0.115. The summed E-state index contributed by atoms with van der Waals surface area (Å²) in [7, 11) is 0. The van der Waals surface area contributed by atoms with E-state index in [9.17, 15) is 9.59 Å². The molecule has 5 nitrogen and oxygen atoms in total. The minimum atomic E-state index is -0.314. The topological polar surface area (TPSA) is 71.3 Å². The highest BCUT2D eigenvalue weighted by atomic mass is 32.2. The van der Waals surface area contributed by atoms with Crippen LogP contribution in [0.5, 0.6) is 0 Å². The van der Waals surface area contributed by atoms with Crippen molar-refractivity contribution < 1.29 is 14.0 Å². The number of anilines is 2. The summed E-state index contributed by atoms with van der Waals surface area (Å²) >= 11 is 1.66. The average molecular weight is 417 g/mol. The summed E-state index contributed by atoms with van der Waals surface area (Å²) in [5, 5.41) is 6.59. The summed E-state index contributed by atoms with van der Waals surface area (Å²) in [6.45, 7) is 0. The van der Waals surface area contributed by atoms with Gasteiger partial charge in [0.15, 0.2) is 5.76 Å². The fourth-order valence-corrected chi connectivity index (χ4v) is 3.47. The number of rotatable bonds is 6. The molecule has 0 unspecified atom stereocenters. The monoisotopic (exact) mass is 416 g/mol. The first-order valence-corrected chi connectivity index (χ1v) is 10.7. The fourth-order valence-electron chi connectivity index (χ4n) is 3.06. The maximum Gasteiger partial charge on any atom is 0.291 e. The first kappa shape index (κ1) is 19.8. The van der Waals surface area contributed by atoms with Gasteiger partial charge in [0.2, 0.25) is 5.91 Å². The number of nitrogens with one attached hydrogen (secondary N) is 2. The predicted molar refractivity (Wildman–Crippen MR) is 121 cm³/mol. The molecule has 6 heteroatoms. The normalized spacial score (nSPS) is 10.7. The fraction of sp³-hybridized carbons (Fsp3) is 0.0833. The van der Waals surface area contributed by atoms with Crippen LogP contribution in [0.1, 0.15) is 16.1 Å². The van der Waals surface area contributed by atoms with E-state index in [1.807, 2.05) is 66.9 Å². The Morgan fingerprint density at radius 1 is 0.867 bits per heavy atom. The molecule has 2 N–H and O–H groups in total. The number of hydrogen-bond acceptors (Lipinski definition) is 4. The van der Waals surface area contributed by atoms with Gasteiger partial charge in [0.25, 0.3) is 5.91 Å². The van der Waals surface area contributed by atoms with Crippen molar-refractivity contribution in [3.8, 4) is 0 Å². The number of benzene rings is 3. The highest BCUT2D eigenvalue weighted by molar-refractivity contribution is 7.98. The number of furan rings is 1. The summed E-state index contributed by atoms with van der Waals surface area (Å²) in [5.41, 5.74) is 2.94. The van der Waals surface area contributed by atoms with E-state index in [1.165, 1.54) is 0 Å². The van der Waals surface area contributed by atoms with E-state index in [4.69, 9.17) is 4.42 Å². The van der Waals surface area contributed by atoms with Gasteiger partial charge >= 0.3 is 0 Å². The second-order valence-electron chi connectivity index (χ2n) is 6.75. The Morgan fingerprint density at radius 2 is 1.53 bits per heavy atom. The zero-order valence-electron chi connectivity index (χ0n) is 16.3. The molecule has 4 aromatic rings. The van der Waals surface area contributed by atoms with E-state index in [1.54, 1.807) is 30.0 Å². The minimum absolute atomic E-state index is 0.0917. The molecule has 1 heterocycles. The van der Waals surface area contributed by atoms with Gasteiger partial charge < -0.3 is 15.1 Å². The van der Waals surface area contributed by atoms with E-state index < -0.39 is 0 Å². The molecule has 0 bridgehead atoms. The Balaban J connectivity index is 1.35. The van der Waals surface area contributed by atoms with Crippen molar-refractivity contribution in [1.82, 2.24) is 0 Å². The molecule has 0 saturated heterocycles. The van der Waals surface area contributed by atoms with E-state index in [0.29, 0.717) is 11.3 Å². The van der Waals surface area contributed by atoms with Crippen LogP contribution in [-0.4, -0.2) is 18.1 Å². The molecule has 0 aliphatic carbocycles. The highest BCUT2D eigenvalue weighted by Gasteiger charge is 2.12. The third kappa shape index (κ3) is 4.72. The molecule has 0 aliphatic rings. The zero-order chi connectivity index (χ0) is 20.9. The van der Waals surface area contributed by atoms with Crippen molar-refractivity contribution in [3.05, 3.63) is 90.2 Å². The number of carbonyl (C=O) groups is 2. The molecule has 1 aromatic heterocycles. The van der Waals surface area contributed by atoms with E-state index in [2.05, 4.69) is 10.6 Å². The number of amides is 2. The molecule has 30 heavy (non-hydrogen) atoms. The summed E-state index contributed by atoms with van der Waals surface area (Å²) in [6, 6.07) is 24.1. The molecule has 150 valence electrons. The van der Waals surface area contributed by atoms with Gasteiger partial charge in [-0.2, -0.15) is 0 Å². The Morgan fingerprint density at radius 3 is 2.23 bits per heavy atom. The molecule has 0 fully saturated rings. The molecule has 0 radical (unpaired) electrons. The first-order chi connectivity index (χ1) is 14.6. The van der Waals surface area contributed by atoms with Crippen LogP contribution < -0.4 is 10.6 Å². The van der Waals surface area contributed by atoms with Crippen molar-refractivity contribution >= 4 is 45.9 Å². The number of hydrogen-bond donors (Lipinski definition) is 2. The lowest BCUT2D eigenvalue weighted by Gasteiger charge is -2.07. The third-order valence-electron chi connectivity index (χ3n) is 4.60. The maximum atomic E-state index is 12.4. The minimum Gasteiger partial charge on any atom is -0.451 e. The zero-order valence-corrected chi connectivity index (χ0v) is 17.2. The molecule has 0 aliphatic heterocycles. The molecular formula is C24H20N2O3S. The van der Waals surface area contributed by atoms with Crippen molar-refractivity contribution in [2.75, 3.05) is 16.9 Å². The summed E-state index contributed by atoms with van der Waals surface area (Å²) in [5.74, 6) is -0.150. The number of para-hydroxylation sites is 1. The Labute approximate surface area is 178 Å².